The van der Waals surface area contributed by atoms with E-state index in [9.17, 15) is 9.59 Å². The standard InChI is InChI=1S/C24H30N2O2/c1-23(2)13-18-8-17(22(25)28)3-4-19(18)20(26-23)9-21(27)24-10-14-5-15(11-24)7-16(6-14)12-24/h3-4,8,14-16H,5-7,9-13H2,1-2H3,(H2,25,28). The first kappa shape index (κ1) is 18.1. The second-order valence-electron chi connectivity index (χ2n) is 10.6. The Morgan fingerprint density at radius 3 is 2.25 bits per heavy atom. The SMILES string of the molecule is CC1(C)Cc2cc(C(N)=O)ccc2C(CC(=O)C23CC4CC(CC(C4)C2)C3)=N1. The largest absolute Gasteiger partial charge is 0.366 e. The number of carbonyl (C=O) groups is 2. The molecule has 0 radical (unpaired) electrons. The van der Waals surface area contributed by atoms with Crippen molar-refractivity contribution in [2.45, 2.75) is 70.8 Å². The number of nitrogens with two attached hydrogens (primary N) is 1. The number of rotatable bonds is 4. The number of amides is 1. The monoisotopic (exact) mass is 378 g/mol. The highest BCUT2D eigenvalue weighted by atomic mass is 16.1. The maximum atomic E-state index is 13.6. The molecule has 2 N–H and O–H groups in total. The minimum atomic E-state index is -0.408. The molecule has 0 spiro atoms. The lowest BCUT2D eigenvalue weighted by Crippen LogP contribution is -2.50. The number of nitrogens with zero attached hydrogens (tertiary/aromatic N) is 1. The van der Waals surface area contributed by atoms with Gasteiger partial charge in [-0.15, -0.1) is 0 Å². The van der Waals surface area contributed by atoms with Crippen molar-refractivity contribution in [3.63, 3.8) is 0 Å². The molecule has 4 saturated carbocycles. The van der Waals surface area contributed by atoms with Crippen LogP contribution in [-0.4, -0.2) is 22.9 Å². The van der Waals surface area contributed by atoms with Gasteiger partial charge in [0.15, 0.2) is 0 Å². The number of primary amides is 1. The van der Waals surface area contributed by atoms with E-state index in [1.54, 1.807) is 6.07 Å². The first-order chi connectivity index (χ1) is 13.2. The van der Waals surface area contributed by atoms with Crippen molar-refractivity contribution in [3.05, 3.63) is 34.9 Å². The number of hydrogen-bond donors (Lipinski definition) is 1. The van der Waals surface area contributed by atoms with E-state index in [4.69, 9.17) is 10.7 Å². The molecular formula is C24H30N2O2. The summed E-state index contributed by atoms with van der Waals surface area (Å²) in [5.41, 5.74) is 8.68. The van der Waals surface area contributed by atoms with Crippen LogP contribution in [-0.2, 0) is 11.2 Å². The van der Waals surface area contributed by atoms with Crippen LogP contribution in [0.5, 0.6) is 0 Å². The van der Waals surface area contributed by atoms with Gasteiger partial charge in [0.05, 0.1) is 11.3 Å². The third kappa shape index (κ3) is 2.92. The van der Waals surface area contributed by atoms with E-state index in [1.165, 1.54) is 19.3 Å². The molecule has 4 nitrogen and oxygen atoms in total. The molecule has 4 aliphatic carbocycles. The summed E-state index contributed by atoms with van der Waals surface area (Å²) < 4.78 is 0. The number of ketones is 1. The van der Waals surface area contributed by atoms with Gasteiger partial charge in [-0.3, -0.25) is 14.6 Å². The molecule has 4 heteroatoms. The average Bonchev–Trinajstić information content (AvgIpc) is 2.59. The lowest BCUT2D eigenvalue weighted by molar-refractivity contribution is -0.142. The summed E-state index contributed by atoms with van der Waals surface area (Å²) in [6, 6.07) is 5.60. The summed E-state index contributed by atoms with van der Waals surface area (Å²) in [6.45, 7) is 4.20. The predicted octanol–water partition coefficient (Wildman–Crippen LogP) is 4.08. The van der Waals surface area contributed by atoms with E-state index in [1.807, 2.05) is 12.1 Å². The van der Waals surface area contributed by atoms with E-state index in [0.717, 1.165) is 60.3 Å². The van der Waals surface area contributed by atoms with Crippen molar-refractivity contribution >= 4 is 17.4 Å². The van der Waals surface area contributed by atoms with Gasteiger partial charge in [-0.25, -0.2) is 0 Å². The molecule has 4 fully saturated rings. The van der Waals surface area contributed by atoms with Gasteiger partial charge in [0.1, 0.15) is 5.78 Å². The lowest BCUT2D eigenvalue weighted by Gasteiger charge is -2.56. The molecule has 0 saturated heterocycles. The highest BCUT2D eigenvalue weighted by Gasteiger charge is 2.54. The Balaban J connectivity index is 1.45. The zero-order valence-corrected chi connectivity index (χ0v) is 17.0. The Labute approximate surface area is 167 Å². The molecule has 1 aromatic rings. The Morgan fingerprint density at radius 2 is 1.68 bits per heavy atom. The highest BCUT2D eigenvalue weighted by molar-refractivity contribution is 6.14. The van der Waals surface area contributed by atoms with Crippen molar-refractivity contribution in [3.8, 4) is 0 Å². The summed E-state index contributed by atoms with van der Waals surface area (Å²) in [5, 5.41) is 0. The number of aliphatic imine (C=N–C) groups is 1. The molecule has 4 bridgehead atoms. The quantitative estimate of drug-likeness (QED) is 0.857. The summed E-state index contributed by atoms with van der Waals surface area (Å²) in [5.74, 6) is 2.31. The van der Waals surface area contributed by atoms with Crippen LogP contribution in [0.25, 0.3) is 0 Å². The normalized spacial score (nSPS) is 34.6. The van der Waals surface area contributed by atoms with Gasteiger partial charge in [0.2, 0.25) is 5.91 Å². The minimum Gasteiger partial charge on any atom is -0.366 e. The van der Waals surface area contributed by atoms with Crippen LogP contribution in [0.3, 0.4) is 0 Å². The third-order valence-corrected chi connectivity index (χ3v) is 7.72. The van der Waals surface area contributed by atoms with Gasteiger partial charge in [-0.05, 0) is 99.8 Å². The van der Waals surface area contributed by atoms with Crippen molar-refractivity contribution in [2.24, 2.45) is 33.9 Å². The van der Waals surface area contributed by atoms with Gasteiger partial charge in [-0.1, -0.05) is 6.07 Å². The maximum Gasteiger partial charge on any atom is 0.248 e. The zero-order valence-electron chi connectivity index (χ0n) is 17.0. The smallest absolute Gasteiger partial charge is 0.248 e. The lowest BCUT2D eigenvalue weighted by atomic mass is 9.48. The fourth-order valence-electron chi connectivity index (χ4n) is 7.03. The van der Waals surface area contributed by atoms with Crippen LogP contribution in [0.1, 0.15) is 80.3 Å². The fourth-order valence-corrected chi connectivity index (χ4v) is 7.03. The fraction of sp³-hybridized carbons (Fsp3) is 0.625. The summed E-state index contributed by atoms with van der Waals surface area (Å²) in [4.78, 5) is 30.2. The minimum absolute atomic E-state index is 0.0911. The van der Waals surface area contributed by atoms with E-state index in [0.29, 0.717) is 17.8 Å². The van der Waals surface area contributed by atoms with Crippen molar-refractivity contribution in [2.75, 3.05) is 0 Å². The van der Waals surface area contributed by atoms with E-state index in [2.05, 4.69) is 13.8 Å². The topological polar surface area (TPSA) is 72.5 Å². The van der Waals surface area contributed by atoms with Gasteiger partial charge >= 0.3 is 0 Å². The summed E-state index contributed by atoms with van der Waals surface area (Å²) >= 11 is 0. The number of fused-ring (bicyclic) bond motifs is 1. The van der Waals surface area contributed by atoms with Crippen LogP contribution in [0, 0.1) is 23.2 Å². The second-order valence-corrected chi connectivity index (χ2v) is 10.6. The Morgan fingerprint density at radius 1 is 1.07 bits per heavy atom. The summed E-state index contributed by atoms with van der Waals surface area (Å²) in [7, 11) is 0. The van der Waals surface area contributed by atoms with E-state index < -0.39 is 5.91 Å². The second kappa shape index (κ2) is 6.01. The molecule has 28 heavy (non-hydrogen) atoms. The molecule has 0 aromatic heterocycles. The number of hydrogen-bond acceptors (Lipinski definition) is 3. The molecule has 5 aliphatic rings. The van der Waals surface area contributed by atoms with Crippen molar-refractivity contribution in [1.82, 2.24) is 0 Å². The Kier molecular flexibility index (Phi) is 3.88. The predicted molar refractivity (Wildman–Crippen MR) is 110 cm³/mol. The van der Waals surface area contributed by atoms with Crippen molar-refractivity contribution < 1.29 is 9.59 Å². The van der Waals surface area contributed by atoms with Crippen molar-refractivity contribution in [1.29, 1.82) is 0 Å². The summed E-state index contributed by atoms with van der Waals surface area (Å²) in [6.07, 6.45) is 8.53. The van der Waals surface area contributed by atoms with Gasteiger partial charge in [0, 0.05) is 17.4 Å². The highest BCUT2D eigenvalue weighted by Crippen LogP contribution is 2.60. The van der Waals surface area contributed by atoms with Crippen LogP contribution in [0.2, 0.25) is 0 Å². The Bertz CT molecular complexity index is 861. The van der Waals surface area contributed by atoms with Crippen LogP contribution < -0.4 is 5.73 Å². The molecule has 1 aromatic carbocycles. The number of carbonyl (C=O) groups excluding carboxylic acids is 2. The molecule has 0 atom stereocenters. The number of benzene rings is 1. The van der Waals surface area contributed by atoms with Crippen LogP contribution in [0.4, 0.5) is 0 Å². The molecule has 6 rings (SSSR count). The van der Waals surface area contributed by atoms with Crippen LogP contribution >= 0.6 is 0 Å². The molecule has 1 aliphatic heterocycles. The van der Waals surface area contributed by atoms with Gasteiger partial charge in [0.25, 0.3) is 0 Å². The number of Topliss-reactive ketones (excluding diaryl/α,β-unsaturated/α-hetero) is 1. The van der Waals surface area contributed by atoms with E-state index in [-0.39, 0.29) is 11.0 Å². The Hall–Kier alpha value is -1.97. The maximum absolute atomic E-state index is 13.6. The van der Waals surface area contributed by atoms with Crippen LogP contribution in [0.15, 0.2) is 23.2 Å². The third-order valence-electron chi connectivity index (χ3n) is 7.72. The molecule has 1 amide bonds. The molecule has 148 valence electrons. The zero-order chi connectivity index (χ0) is 19.7. The van der Waals surface area contributed by atoms with Gasteiger partial charge in [-0.2, -0.15) is 0 Å². The molecule has 0 unspecified atom stereocenters. The van der Waals surface area contributed by atoms with E-state index >= 15 is 0 Å². The molecule has 1 heterocycles. The average molecular weight is 379 g/mol. The first-order valence-electron chi connectivity index (χ1n) is 10.8. The first-order valence-corrected chi connectivity index (χ1v) is 10.8. The van der Waals surface area contributed by atoms with Gasteiger partial charge < -0.3 is 5.73 Å². The molecular weight excluding hydrogens is 348 g/mol.